The lowest BCUT2D eigenvalue weighted by Gasteiger charge is -2.02. The molecular weight excluding hydrogens is 410 g/mol. The molecule has 0 unspecified atom stereocenters. The van der Waals surface area contributed by atoms with Gasteiger partial charge in [-0.05, 0) is 30.2 Å². The van der Waals surface area contributed by atoms with E-state index in [4.69, 9.17) is 9.15 Å². The maximum absolute atomic E-state index is 12.3. The number of aromatic nitrogens is 2. The van der Waals surface area contributed by atoms with Crippen molar-refractivity contribution in [2.75, 3.05) is 11.9 Å². The molecule has 1 amide bonds. The van der Waals surface area contributed by atoms with E-state index in [9.17, 15) is 4.79 Å². The number of thiazole rings is 1. The maximum Gasteiger partial charge on any atom is 0.226 e. The van der Waals surface area contributed by atoms with Crippen molar-refractivity contribution in [3.8, 4) is 28.3 Å². The predicted molar refractivity (Wildman–Crippen MR) is 120 cm³/mol. The van der Waals surface area contributed by atoms with Crippen molar-refractivity contribution in [2.24, 2.45) is 0 Å². The average Bonchev–Trinajstić information content (AvgIpc) is 3.55. The molecule has 6 nitrogen and oxygen atoms in total. The number of hydrogen-bond donors (Lipinski definition) is 1. The van der Waals surface area contributed by atoms with Gasteiger partial charge in [0.1, 0.15) is 5.75 Å². The van der Waals surface area contributed by atoms with Gasteiger partial charge in [0.05, 0.1) is 18.5 Å². The van der Waals surface area contributed by atoms with Crippen LogP contribution in [-0.2, 0) is 17.6 Å². The topological polar surface area (TPSA) is 77.3 Å². The van der Waals surface area contributed by atoms with E-state index in [1.54, 1.807) is 6.20 Å². The van der Waals surface area contributed by atoms with Crippen LogP contribution in [0.1, 0.15) is 24.3 Å². The molecule has 2 aromatic carbocycles. The van der Waals surface area contributed by atoms with Crippen LogP contribution >= 0.6 is 11.3 Å². The molecule has 0 atom stereocenters. The van der Waals surface area contributed by atoms with Crippen molar-refractivity contribution in [1.29, 1.82) is 0 Å². The number of nitrogens with one attached hydrogen (secondary N) is 1. The molecule has 0 fully saturated rings. The molecule has 156 valence electrons. The van der Waals surface area contributed by atoms with Gasteiger partial charge < -0.3 is 14.5 Å². The van der Waals surface area contributed by atoms with Gasteiger partial charge in [-0.25, -0.2) is 9.97 Å². The third kappa shape index (κ3) is 4.51. The standard InChI is InChI=1S/C24H21N3O3S/c28-22(7-4-8-23-25-14-21(30-23)16-5-2-1-3-6-16)27-24-26-19(15-31-24)17-9-10-20-18(13-17)11-12-29-20/h1-3,5-6,9-10,13-15H,4,7-8,11-12H2,(H,26,27,28). The van der Waals surface area contributed by atoms with Crippen LogP contribution in [0.4, 0.5) is 5.13 Å². The number of aryl methyl sites for hydroxylation is 1. The normalized spacial score (nSPS) is 12.4. The molecule has 5 rings (SSSR count). The summed E-state index contributed by atoms with van der Waals surface area (Å²) in [6.07, 6.45) is 4.31. The van der Waals surface area contributed by atoms with Crippen LogP contribution < -0.4 is 10.1 Å². The summed E-state index contributed by atoms with van der Waals surface area (Å²) >= 11 is 1.43. The lowest BCUT2D eigenvalue weighted by atomic mass is 10.1. The molecule has 0 saturated carbocycles. The van der Waals surface area contributed by atoms with Gasteiger partial charge in [-0.2, -0.15) is 0 Å². The van der Waals surface area contributed by atoms with Crippen molar-refractivity contribution >= 4 is 22.4 Å². The molecule has 0 radical (unpaired) electrons. The van der Waals surface area contributed by atoms with Gasteiger partial charge in [0.2, 0.25) is 5.91 Å². The Labute approximate surface area is 183 Å². The fraction of sp³-hybridized carbons (Fsp3) is 0.208. The molecule has 7 heteroatoms. The number of hydrogen-bond acceptors (Lipinski definition) is 6. The summed E-state index contributed by atoms with van der Waals surface area (Å²) in [7, 11) is 0. The Balaban J connectivity index is 1.13. The summed E-state index contributed by atoms with van der Waals surface area (Å²) in [6, 6.07) is 16.0. The first-order chi connectivity index (χ1) is 15.2. The third-order valence-electron chi connectivity index (χ3n) is 5.14. The Morgan fingerprint density at radius 1 is 1.13 bits per heavy atom. The molecule has 0 bridgehead atoms. The highest BCUT2D eigenvalue weighted by Gasteiger charge is 2.15. The number of carbonyl (C=O) groups is 1. The van der Waals surface area contributed by atoms with Crippen LogP contribution in [0.3, 0.4) is 0 Å². The quantitative estimate of drug-likeness (QED) is 0.426. The van der Waals surface area contributed by atoms with E-state index < -0.39 is 0 Å². The predicted octanol–water partition coefficient (Wildman–Crippen LogP) is 5.36. The van der Waals surface area contributed by atoms with E-state index in [2.05, 4.69) is 21.4 Å². The van der Waals surface area contributed by atoms with Crippen LogP contribution in [0.15, 0.2) is 64.5 Å². The minimum atomic E-state index is -0.0573. The first-order valence-electron chi connectivity index (χ1n) is 10.3. The zero-order valence-corrected chi connectivity index (χ0v) is 17.7. The summed E-state index contributed by atoms with van der Waals surface area (Å²) < 4.78 is 11.3. The first-order valence-corrected chi connectivity index (χ1v) is 11.1. The summed E-state index contributed by atoms with van der Waals surface area (Å²) in [4.78, 5) is 21.2. The Morgan fingerprint density at radius 2 is 2.03 bits per heavy atom. The lowest BCUT2D eigenvalue weighted by Crippen LogP contribution is -2.11. The highest BCUT2D eigenvalue weighted by atomic mass is 32.1. The van der Waals surface area contributed by atoms with E-state index >= 15 is 0 Å². The number of benzene rings is 2. The molecular formula is C24H21N3O3S. The number of anilines is 1. The highest BCUT2D eigenvalue weighted by molar-refractivity contribution is 7.14. The van der Waals surface area contributed by atoms with Crippen LogP contribution in [0.25, 0.3) is 22.6 Å². The summed E-state index contributed by atoms with van der Waals surface area (Å²) in [5, 5.41) is 5.47. The van der Waals surface area contributed by atoms with Gasteiger partial charge in [-0.1, -0.05) is 30.3 Å². The first kappa shape index (κ1) is 19.5. The van der Waals surface area contributed by atoms with E-state index in [1.165, 1.54) is 16.9 Å². The Kier molecular flexibility index (Phi) is 5.50. The van der Waals surface area contributed by atoms with Crippen LogP contribution in [0, 0.1) is 0 Å². The van der Waals surface area contributed by atoms with E-state index in [0.29, 0.717) is 30.3 Å². The van der Waals surface area contributed by atoms with Crippen molar-refractivity contribution in [3.63, 3.8) is 0 Å². The molecule has 0 spiro atoms. The van der Waals surface area contributed by atoms with Crippen molar-refractivity contribution < 1.29 is 13.9 Å². The summed E-state index contributed by atoms with van der Waals surface area (Å²) in [5.74, 6) is 2.28. The van der Waals surface area contributed by atoms with E-state index in [-0.39, 0.29) is 5.91 Å². The largest absolute Gasteiger partial charge is 0.493 e. The molecule has 2 aromatic heterocycles. The number of carbonyl (C=O) groups excluding carboxylic acids is 1. The zero-order chi connectivity index (χ0) is 21.0. The van der Waals surface area contributed by atoms with Gasteiger partial charge in [0.15, 0.2) is 16.8 Å². The van der Waals surface area contributed by atoms with Crippen LogP contribution in [0.2, 0.25) is 0 Å². The van der Waals surface area contributed by atoms with Crippen LogP contribution in [0.5, 0.6) is 5.75 Å². The maximum atomic E-state index is 12.3. The Hall–Kier alpha value is -3.45. The Morgan fingerprint density at radius 3 is 2.94 bits per heavy atom. The number of fused-ring (bicyclic) bond motifs is 1. The summed E-state index contributed by atoms with van der Waals surface area (Å²) in [6.45, 7) is 0.734. The van der Waals surface area contributed by atoms with Crippen molar-refractivity contribution in [3.05, 3.63) is 71.6 Å². The van der Waals surface area contributed by atoms with Gasteiger partial charge in [0, 0.05) is 35.8 Å². The monoisotopic (exact) mass is 431 g/mol. The molecule has 31 heavy (non-hydrogen) atoms. The smallest absolute Gasteiger partial charge is 0.226 e. The number of amides is 1. The molecule has 0 saturated heterocycles. The Bertz CT molecular complexity index is 1200. The van der Waals surface area contributed by atoms with Crippen LogP contribution in [-0.4, -0.2) is 22.5 Å². The second-order valence-electron chi connectivity index (χ2n) is 7.34. The number of nitrogens with zero attached hydrogens (tertiary/aromatic N) is 2. The molecule has 4 aromatic rings. The molecule has 1 aliphatic heterocycles. The van der Waals surface area contributed by atoms with Gasteiger partial charge in [0.25, 0.3) is 0 Å². The van der Waals surface area contributed by atoms with E-state index in [0.717, 1.165) is 41.4 Å². The molecule has 1 N–H and O–H groups in total. The highest BCUT2D eigenvalue weighted by Crippen LogP contribution is 2.32. The minimum absolute atomic E-state index is 0.0573. The lowest BCUT2D eigenvalue weighted by molar-refractivity contribution is -0.116. The van der Waals surface area contributed by atoms with Gasteiger partial charge in [-0.15, -0.1) is 11.3 Å². The molecule has 3 heterocycles. The second kappa shape index (κ2) is 8.73. The van der Waals surface area contributed by atoms with Gasteiger partial charge in [-0.3, -0.25) is 4.79 Å². The molecule has 0 aliphatic carbocycles. The third-order valence-corrected chi connectivity index (χ3v) is 5.90. The number of ether oxygens (including phenoxy) is 1. The minimum Gasteiger partial charge on any atom is -0.493 e. The average molecular weight is 432 g/mol. The second-order valence-corrected chi connectivity index (χ2v) is 8.20. The van der Waals surface area contributed by atoms with E-state index in [1.807, 2.05) is 47.8 Å². The fourth-order valence-electron chi connectivity index (χ4n) is 3.55. The number of oxazole rings is 1. The van der Waals surface area contributed by atoms with Crippen molar-refractivity contribution in [1.82, 2.24) is 9.97 Å². The molecule has 1 aliphatic rings. The van der Waals surface area contributed by atoms with Gasteiger partial charge >= 0.3 is 0 Å². The fourth-order valence-corrected chi connectivity index (χ4v) is 4.29. The summed E-state index contributed by atoms with van der Waals surface area (Å²) in [5.41, 5.74) is 4.11. The SMILES string of the molecule is O=C(CCCc1ncc(-c2ccccc2)o1)Nc1nc(-c2ccc3c(c2)CCO3)cs1. The van der Waals surface area contributed by atoms with Crippen molar-refractivity contribution in [2.45, 2.75) is 25.7 Å². The number of rotatable bonds is 7. The zero-order valence-electron chi connectivity index (χ0n) is 16.8.